The zero-order valence-electron chi connectivity index (χ0n) is 14.4. The Morgan fingerprint density at radius 3 is 2.17 bits per heavy atom. The monoisotopic (exact) mass is 311 g/mol. The lowest BCUT2D eigenvalue weighted by Gasteiger charge is -2.12. The normalized spacial score (nSPS) is 11.8. The van der Waals surface area contributed by atoms with Gasteiger partial charge in [-0.05, 0) is 47.7 Å². The molecule has 0 bridgehead atoms. The predicted molar refractivity (Wildman–Crippen MR) is 95.0 cm³/mol. The molecule has 0 amide bonds. The summed E-state index contributed by atoms with van der Waals surface area (Å²) in [5.41, 5.74) is 3.96. The van der Waals surface area contributed by atoms with Crippen LogP contribution in [0.25, 0.3) is 0 Å². The van der Waals surface area contributed by atoms with Crippen molar-refractivity contribution in [2.45, 2.75) is 32.8 Å². The molecule has 0 N–H and O–H groups in total. The maximum atomic E-state index is 12.1. The molecule has 0 saturated heterocycles. The summed E-state index contributed by atoms with van der Waals surface area (Å²) >= 11 is 0. The zero-order valence-corrected chi connectivity index (χ0v) is 14.4. The second-order valence-corrected chi connectivity index (χ2v) is 6.07. The Balaban J connectivity index is 1.93. The minimum atomic E-state index is -0.290. The minimum absolute atomic E-state index is 0.290. The Hall–Kier alpha value is -2.29. The topological polar surface area (TPSA) is 29.5 Å². The van der Waals surface area contributed by atoms with E-state index in [-0.39, 0.29) is 5.97 Å². The quantitative estimate of drug-likeness (QED) is 0.729. The van der Waals surface area contributed by atoms with Gasteiger partial charge in [-0.1, -0.05) is 38.1 Å². The Morgan fingerprint density at radius 2 is 1.65 bits per heavy atom. The van der Waals surface area contributed by atoms with Gasteiger partial charge in [0.1, 0.15) is 6.61 Å². The molecule has 0 aliphatic heterocycles. The summed E-state index contributed by atoms with van der Waals surface area (Å²) in [6, 6.07) is 15.7. The number of carbonyl (C=O) groups is 1. The van der Waals surface area contributed by atoms with Gasteiger partial charge in [0.05, 0.1) is 5.56 Å². The average molecular weight is 311 g/mol. The zero-order chi connectivity index (χ0) is 16.8. The molecule has 0 spiro atoms. The first kappa shape index (κ1) is 17.1. The van der Waals surface area contributed by atoms with Crippen molar-refractivity contribution < 1.29 is 9.53 Å². The fraction of sp³-hybridized carbons (Fsp3) is 0.350. The summed E-state index contributed by atoms with van der Waals surface area (Å²) in [4.78, 5) is 14.1. The van der Waals surface area contributed by atoms with Gasteiger partial charge in [-0.2, -0.15) is 0 Å². The number of rotatable bonds is 6. The van der Waals surface area contributed by atoms with E-state index >= 15 is 0 Å². The molecule has 3 nitrogen and oxygen atoms in total. The molecule has 2 aromatic rings. The highest BCUT2D eigenvalue weighted by Gasteiger charge is 2.08. The SMILES string of the molecule is CCC(C)c1ccc(COC(=O)c2ccc(N(C)C)cc2)cc1. The van der Waals surface area contributed by atoms with Gasteiger partial charge in [0.2, 0.25) is 0 Å². The fourth-order valence-corrected chi connectivity index (χ4v) is 2.31. The third kappa shape index (κ3) is 4.59. The molecular formula is C20H25NO2. The molecule has 23 heavy (non-hydrogen) atoms. The van der Waals surface area contributed by atoms with Crippen molar-refractivity contribution in [2.75, 3.05) is 19.0 Å². The summed E-state index contributed by atoms with van der Waals surface area (Å²) in [6.07, 6.45) is 1.12. The van der Waals surface area contributed by atoms with E-state index in [0.717, 1.165) is 17.7 Å². The predicted octanol–water partition coefficient (Wildman–Crippen LogP) is 4.62. The van der Waals surface area contributed by atoms with Crippen molar-refractivity contribution in [1.29, 1.82) is 0 Å². The first-order valence-electron chi connectivity index (χ1n) is 8.04. The fourth-order valence-electron chi connectivity index (χ4n) is 2.31. The number of benzene rings is 2. The van der Waals surface area contributed by atoms with Crippen molar-refractivity contribution in [2.24, 2.45) is 0 Å². The van der Waals surface area contributed by atoms with E-state index in [9.17, 15) is 4.79 Å². The maximum absolute atomic E-state index is 12.1. The first-order valence-corrected chi connectivity index (χ1v) is 8.04. The van der Waals surface area contributed by atoms with Crippen LogP contribution in [0.3, 0.4) is 0 Å². The van der Waals surface area contributed by atoms with Crippen LogP contribution in [0.4, 0.5) is 5.69 Å². The minimum Gasteiger partial charge on any atom is -0.457 e. The summed E-state index contributed by atoms with van der Waals surface area (Å²) in [7, 11) is 3.94. The number of nitrogens with zero attached hydrogens (tertiary/aromatic N) is 1. The van der Waals surface area contributed by atoms with E-state index in [4.69, 9.17) is 4.74 Å². The molecule has 0 aliphatic rings. The van der Waals surface area contributed by atoms with Crippen LogP contribution in [-0.4, -0.2) is 20.1 Å². The van der Waals surface area contributed by atoms with E-state index in [1.165, 1.54) is 5.56 Å². The highest BCUT2D eigenvalue weighted by atomic mass is 16.5. The van der Waals surface area contributed by atoms with Gasteiger partial charge < -0.3 is 9.64 Å². The number of anilines is 1. The van der Waals surface area contributed by atoms with Gasteiger partial charge in [0.25, 0.3) is 0 Å². The van der Waals surface area contributed by atoms with E-state index in [2.05, 4.69) is 26.0 Å². The lowest BCUT2D eigenvalue weighted by atomic mass is 9.98. The van der Waals surface area contributed by atoms with Crippen LogP contribution in [0.2, 0.25) is 0 Å². The van der Waals surface area contributed by atoms with Gasteiger partial charge in [0.15, 0.2) is 0 Å². The van der Waals surface area contributed by atoms with Crippen LogP contribution >= 0.6 is 0 Å². The molecule has 0 heterocycles. The van der Waals surface area contributed by atoms with Gasteiger partial charge >= 0.3 is 5.97 Å². The molecule has 122 valence electrons. The van der Waals surface area contributed by atoms with Gasteiger partial charge in [-0.25, -0.2) is 4.79 Å². The van der Waals surface area contributed by atoms with Gasteiger partial charge in [-0.3, -0.25) is 0 Å². The standard InChI is InChI=1S/C20H25NO2/c1-5-15(2)17-8-6-16(7-9-17)14-23-20(22)18-10-12-19(13-11-18)21(3)4/h6-13,15H,5,14H2,1-4H3. The first-order chi connectivity index (χ1) is 11.0. The summed E-state index contributed by atoms with van der Waals surface area (Å²) in [6.45, 7) is 4.70. The van der Waals surface area contributed by atoms with Crippen molar-refractivity contribution in [3.8, 4) is 0 Å². The molecule has 1 unspecified atom stereocenters. The number of ether oxygens (including phenoxy) is 1. The third-order valence-corrected chi connectivity index (χ3v) is 4.15. The molecule has 0 aliphatic carbocycles. The van der Waals surface area contributed by atoms with E-state index < -0.39 is 0 Å². The van der Waals surface area contributed by atoms with E-state index in [1.807, 2.05) is 43.3 Å². The number of hydrogen-bond acceptors (Lipinski definition) is 3. The van der Waals surface area contributed by atoms with Crippen molar-refractivity contribution in [3.63, 3.8) is 0 Å². The van der Waals surface area contributed by atoms with Crippen LogP contribution < -0.4 is 4.90 Å². The second-order valence-electron chi connectivity index (χ2n) is 6.07. The molecule has 0 fully saturated rings. The molecule has 0 aromatic heterocycles. The Labute approximate surface area is 138 Å². The highest BCUT2D eigenvalue weighted by molar-refractivity contribution is 5.89. The van der Waals surface area contributed by atoms with Crippen molar-refractivity contribution in [3.05, 3.63) is 65.2 Å². The molecule has 1 atom stereocenters. The van der Waals surface area contributed by atoms with Crippen LogP contribution in [0.15, 0.2) is 48.5 Å². The third-order valence-electron chi connectivity index (χ3n) is 4.15. The van der Waals surface area contributed by atoms with Crippen LogP contribution in [-0.2, 0) is 11.3 Å². The van der Waals surface area contributed by atoms with E-state index in [0.29, 0.717) is 18.1 Å². The van der Waals surface area contributed by atoms with Crippen molar-refractivity contribution in [1.82, 2.24) is 0 Å². The lowest BCUT2D eigenvalue weighted by Crippen LogP contribution is -2.09. The summed E-state index contributed by atoms with van der Waals surface area (Å²) in [5.74, 6) is 0.267. The highest BCUT2D eigenvalue weighted by Crippen LogP contribution is 2.19. The van der Waals surface area contributed by atoms with Crippen molar-refractivity contribution >= 4 is 11.7 Å². The van der Waals surface area contributed by atoms with E-state index in [1.54, 1.807) is 12.1 Å². The lowest BCUT2D eigenvalue weighted by molar-refractivity contribution is 0.0472. The molecule has 0 radical (unpaired) electrons. The Morgan fingerprint density at radius 1 is 1.04 bits per heavy atom. The molecular weight excluding hydrogens is 286 g/mol. The summed E-state index contributed by atoms with van der Waals surface area (Å²) < 4.78 is 5.39. The van der Waals surface area contributed by atoms with Crippen LogP contribution in [0, 0.1) is 0 Å². The number of hydrogen-bond donors (Lipinski definition) is 0. The second kappa shape index (κ2) is 7.82. The Kier molecular flexibility index (Phi) is 5.80. The largest absolute Gasteiger partial charge is 0.457 e. The molecule has 2 rings (SSSR count). The Bertz CT molecular complexity index is 630. The number of carbonyl (C=O) groups excluding carboxylic acids is 1. The van der Waals surface area contributed by atoms with Gasteiger partial charge in [0, 0.05) is 19.8 Å². The summed E-state index contributed by atoms with van der Waals surface area (Å²) in [5, 5.41) is 0. The average Bonchev–Trinajstić information content (AvgIpc) is 2.59. The smallest absolute Gasteiger partial charge is 0.338 e. The van der Waals surface area contributed by atoms with Gasteiger partial charge in [-0.15, -0.1) is 0 Å². The molecule has 3 heteroatoms. The van der Waals surface area contributed by atoms with Crippen LogP contribution in [0.1, 0.15) is 47.7 Å². The maximum Gasteiger partial charge on any atom is 0.338 e. The van der Waals surface area contributed by atoms with Crippen LogP contribution in [0.5, 0.6) is 0 Å². The molecule has 2 aromatic carbocycles. The number of esters is 1. The molecule has 0 saturated carbocycles.